The van der Waals surface area contributed by atoms with Crippen LogP contribution in [0, 0.1) is 5.82 Å². The fourth-order valence-corrected chi connectivity index (χ4v) is 1.78. The third-order valence-corrected chi connectivity index (χ3v) is 2.83. The van der Waals surface area contributed by atoms with Crippen molar-refractivity contribution in [1.29, 1.82) is 0 Å². The molecule has 1 aromatic carbocycles. The average molecular weight is 255 g/mol. The predicted octanol–water partition coefficient (Wildman–Crippen LogP) is 0.683. The number of rotatable bonds is 7. The molecular weight excluding hydrogens is 237 g/mol. The Morgan fingerprint density at radius 2 is 1.72 bits per heavy atom. The van der Waals surface area contributed by atoms with Crippen molar-refractivity contribution in [2.75, 3.05) is 26.3 Å². The van der Waals surface area contributed by atoms with Crippen molar-refractivity contribution in [2.45, 2.75) is 13.0 Å². The molecule has 0 heterocycles. The Morgan fingerprint density at radius 3 is 2.17 bits per heavy atom. The average Bonchev–Trinajstić information content (AvgIpc) is 2.38. The summed E-state index contributed by atoms with van der Waals surface area (Å²) in [6, 6.07) is 4.88. The van der Waals surface area contributed by atoms with Crippen molar-refractivity contribution in [2.24, 2.45) is 0 Å². The normalized spacial score (nSPS) is 12.7. The fraction of sp³-hybridized carbons (Fsp3) is 0.462. The minimum atomic E-state index is -0.463. The molecule has 0 saturated carbocycles. The predicted molar refractivity (Wildman–Crippen MR) is 65.9 cm³/mol. The number of Topliss-reactive ketones (excluding diaryl/α,β-unsaturated/α-hetero) is 1. The molecule has 0 saturated heterocycles. The lowest BCUT2D eigenvalue weighted by Crippen LogP contribution is -2.42. The second-order valence-corrected chi connectivity index (χ2v) is 4.03. The number of hydrogen-bond acceptors (Lipinski definition) is 4. The van der Waals surface area contributed by atoms with Crippen molar-refractivity contribution in [1.82, 2.24) is 4.90 Å². The monoisotopic (exact) mass is 255 g/mol. The summed E-state index contributed by atoms with van der Waals surface area (Å²) < 4.78 is 12.8. The van der Waals surface area contributed by atoms with Crippen molar-refractivity contribution in [3.05, 3.63) is 35.6 Å². The van der Waals surface area contributed by atoms with E-state index in [0.29, 0.717) is 18.7 Å². The van der Waals surface area contributed by atoms with Gasteiger partial charge in [-0.3, -0.25) is 9.69 Å². The summed E-state index contributed by atoms with van der Waals surface area (Å²) >= 11 is 0. The fourth-order valence-electron chi connectivity index (χ4n) is 1.78. The molecule has 4 nitrogen and oxygen atoms in total. The van der Waals surface area contributed by atoms with Crippen LogP contribution in [0.3, 0.4) is 0 Å². The van der Waals surface area contributed by atoms with Crippen LogP contribution in [-0.2, 0) is 0 Å². The molecule has 0 radical (unpaired) electrons. The van der Waals surface area contributed by atoms with Gasteiger partial charge in [0.2, 0.25) is 0 Å². The zero-order valence-electron chi connectivity index (χ0n) is 10.3. The molecule has 1 rings (SSSR count). The van der Waals surface area contributed by atoms with Gasteiger partial charge in [0.1, 0.15) is 5.82 Å². The second-order valence-electron chi connectivity index (χ2n) is 4.03. The molecule has 0 aliphatic carbocycles. The van der Waals surface area contributed by atoms with E-state index in [-0.39, 0.29) is 24.8 Å². The Bertz CT molecular complexity index is 374. The summed E-state index contributed by atoms with van der Waals surface area (Å²) in [7, 11) is 0. The summed E-state index contributed by atoms with van der Waals surface area (Å²) in [5, 5.41) is 17.8. The van der Waals surface area contributed by atoms with E-state index in [1.54, 1.807) is 11.8 Å². The van der Waals surface area contributed by atoms with Crippen LogP contribution < -0.4 is 0 Å². The maximum atomic E-state index is 12.8. The quantitative estimate of drug-likeness (QED) is 0.704. The van der Waals surface area contributed by atoms with Crippen molar-refractivity contribution < 1.29 is 19.4 Å². The van der Waals surface area contributed by atoms with Crippen LogP contribution in [0.1, 0.15) is 17.3 Å². The number of aliphatic hydroxyl groups is 2. The van der Waals surface area contributed by atoms with Crippen molar-refractivity contribution in [3.63, 3.8) is 0 Å². The molecule has 1 atom stereocenters. The summed E-state index contributed by atoms with van der Waals surface area (Å²) in [5.41, 5.74) is 0.421. The van der Waals surface area contributed by atoms with E-state index in [1.165, 1.54) is 24.3 Å². The van der Waals surface area contributed by atoms with Gasteiger partial charge in [0.05, 0.1) is 19.3 Å². The van der Waals surface area contributed by atoms with Gasteiger partial charge in [-0.1, -0.05) is 0 Å². The first-order valence-corrected chi connectivity index (χ1v) is 5.85. The molecule has 0 bridgehead atoms. The van der Waals surface area contributed by atoms with Gasteiger partial charge in [-0.25, -0.2) is 4.39 Å². The highest BCUT2D eigenvalue weighted by Crippen LogP contribution is 2.10. The summed E-state index contributed by atoms with van der Waals surface area (Å²) in [6.07, 6.45) is 0. The molecule has 2 N–H and O–H groups in total. The molecule has 0 amide bonds. The zero-order chi connectivity index (χ0) is 13.5. The molecular formula is C13H18FNO3. The number of carbonyl (C=O) groups excluding carboxylic acids is 1. The SMILES string of the molecule is CC(C(=O)c1ccc(F)cc1)N(CCO)CCO. The largest absolute Gasteiger partial charge is 0.395 e. The Hall–Kier alpha value is -1.30. The molecule has 5 heteroatoms. The maximum Gasteiger partial charge on any atom is 0.179 e. The molecule has 1 unspecified atom stereocenters. The Morgan fingerprint density at radius 1 is 1.22 bits per heavy atom. The van der Waals surface area contributed by atoms with Gasteiger partial charge >= 0.3 is 0 Å². The van der Waals surface area contributed by atoms with Crippen LogP contribution in [-0.4, -0.2) is 53.2 Å². The molecule has 0 aromatic heterocycles. The Labute approximate surface area is 106 Å². The minimum Gasteiger partial charge on any atom is -0.395 e. The van der Waals surface area contributed by atoms with Gasteiger partial charge in [0.25, 0.3) is 0 Å². The molecule has 0 aliphatic rings. The number of benzene rings is 1. The number of ketones is 1. The standard InChI is InChI=1S/C13H18FNO3/c1-10(15(6-8-16)7-9-17)13(18)11-2-4-12(14)5-3-11/h2-5,10,16-17H,6-9H2,1H3. The van der Waals surface area contributed by atoms with Crippen LogP contribution in [0.15, 0.2) is 24.3 Å². The van der Waals surface area contributed by atoms with Gasteiger partial charge < -0.3 is 10.2 Å². The number of aliphatic hydroxyl groups excluding tert-OH is 2. The zero-order valence-corrected chi connectivity index (χ0v) is 10.3. The van der Waals surface area contributed by atoms with Crippen molar-refractivity contribution >= 4 is 5.78 Å². The van der Waals surface area contributed by atoms with E-state index in [1.807, 2.05) is 0 Å². The lowest BCUT2D eigenvalue weighted by Gasteiger charge is -2.26. The molecule has 1 aromatic rings. The topological polar surface area (TPSA) is 60.8 Å². The lowest BCUT2D eigenvalue weighted by molar-refractivity contribution is 0.0769. The lowest BCUT2D eigenvalue weighted by atomic mass is 10.0. The number of nitrogens with zero attached hydrogens (tertiary/aromatic N) is 1. The van der Waals surface area contributed by atoms with Crippen LogP contribution in [0.5, 0.6) is 0 Å². The van der Waals surface area contributed by atoms with E-state index in [4.69, 9.17) is 10.2 Å². The van der Waals surface area contributed by atoms with E-state index in [0.717, 1.165) is 0 Å². The second kappa shape index (κ2) is 7.20. The first-order chi connectivity index (χ1) is 8.60. The Kier molecular flexibility index (Phi) is 5.91. The van der Waals surface area contributed by atoms with Gasteiger partial charge in [0.15, 0.2) is 5.78 Å². The van der Waals surface area contributed by atoms with Crippen molar-refractivity contribution in [3.8, 4) is 0 Å². The first-order valence-electron chi connectivity index (χ1n) is 5.85. The third-order valence-electron chi connectivity index (χ3n) is 2.83. The van der Waals surface area contributed by atoms with Crippen LogP contribution >= 0.6 is 0 Å². The highest BCUT2D eigenvalue weighted by molar-refractivity contribution is 5.99. The number of carbonyl (C=O) groups is 1. The van der Waals surface area contributed by atoms with Gasteiger partial charge in [-0.2, -0.15) is 0 Å². The molecule has 0 spiro atoms. The smallest absolute Gasteiger partial charge is 0.179 e. The minimum absolute atomic E-state index is 0.0823. The van der Waals surface area contributed by atoms with Gasteiger partial charge in [0, 0.05) is 18.7 Å². The van der Waals surface area contributed by atoms with E-state index in [2.05, 4.69) is 0 Å². The summed E-state index contributed by atoms with van der Waals surface area (Å²) in [5.74, 6) is -0.543. The third kappa shape index (κ3) is 3.87. The molecule has 18 heavy (non-hydrogen) atoms. The van der Waals surface area contributed by atoms with Crippen LogP contribution in [0.4, 0.5) is 4.39 Å². The summed E-state index contributed by atoms with van der Waals surface area (Å²) in [4.78, 5) is 13.8. The van der Waals surface area contributed by atoms with Gasteiger partial charge in [-0.05, 0) is 31.2 Å². The van der Waals surface area contributed by atoms with Crippen LogP contribution in [0.25, 0.3) is 0 Å². The highest BCUT2D eigenvalue weighted by atomic mass is 19.1. The van der Waals surface area contributed by atoms with E-state index >= 15 is 0 Å². The molecule has 100 valence electrons. The number of hydrogen-bond donors (Lipinski definition) is 2. The number of halogens is 1. The van der Waals surface area contributed by atoms with E-state index < -0.39 is 6.04 Å². The first kappa shape index (κ1) is 14.8. The van der Waals surface area contributed by atoms with Gasteiger partial charge in [-0.15, -0.1) is 0 Å². The molecule has 0 aliphatic heterocycles. The Balaban J connectivity index is 2.77. The summed E-state index contributed by atoms with van der Waals surface area (Å²) in [6.45, 7) is 2.17. The highest BCUT2D eigenvalue weighted by Gasteiger charge is 2.21. The maximum absolute atomic E-state index is 12.8. The molecule has 0 fully saturated rings. The van der Waals surface area contributed by atoms with E-state index in [9.17, 15) is 9.18 Å². The van der Waals surface area contributed by atoms with Crippen LogP contribution in [0.2, 0.25) is 0 Å².